The molecule has 1 saturated heterocycles. The van der Waals surface area contributed by atoms with Crippen LogP contribution in [0.3, 0.4) is 0 Å². The summed E-state index contributed by atoms with van der Waals surface area (Å²) in [5.74, 6) is 1.44. The Hall–Kier alpha value is -2.54. The second-order valence-electron chi connectivity index (χ2n) is 6.26. The summed E-state index contributed by atoms with van der Waals surface area (Å²) < 4.78 is 5.57. The summed E-state index contributed by atoms with van der Waals surface area (Å²) in [5, 5.41) is 6.48. The van der Waals surface area contributed by atoms with Gasteiger partial charge in [0.05, 0.1) is 25.1 Å². The average Bonchev–Trinajstić information content (AvgIpc) is 2.59. The molecule has 0 spiro atoms. The number of aryl methyl sites for hydroxylation is 2. The van der Waals surface area contributed by atoms with E-state index < -0.39 is 0 Å². The van der Waals surface area contributed by atoms with Crippen molar-refractivity contribution < 1.29 is 9.53 Å². The number of hydrogen-bond acceptors (Lipinski definition) is 6. The topological polar surface area (TPSA) is 89.0 Å². The number of nitrogens with zero attached hydrogens (tertiary/aromatic N) is 3. The molecule has 0 saturated carbocycles. The number of aromatic nitrogens is 3. The molecule has 2 N–H and O–H groups in total. The van der Waals surface area contributed by atoms with Gasteiger partial charge in [0.2, 0.25) is 5.91 Å². The number of anilines is 1. The van der Waals surface area contributed by atoms with E-state index in [2.05, 4.69) is 25.6 Å². The lowest BCUT2D eigenvalue weighted by Crippen LogP contribution is -2.52. The van der Waals surface area contributed by atoms with E-state index in [1.807, 2.05) is 26.0 Å². The molecule has 1 aliphatic heterocycles. The number of ether oxygens (including phenoxy) is 1. The van der Waals surface area contributed by atoms with E-state index in [1.54, 1.807) is 18.6 Å². The SMILES string of the molecule is Cc1nccc(N[C@@H]2COCC[C@@H]2NC(=O)Cc2cnccc2C)n1. The van der Waals surface area contributed by atoms with E-state index in [0.717, 1.165) is 23.4 Å². The van der Waals surface area contributed by atoms with Gasteiger partial charge in [-0.1, -0.05) is 0 Å². The minimum atomic E-state index is -0.0259. The predicted octanol–water partition coefficient (Wildman–Crippen LogP) is 1.42. The molecule has 1 fully saturated rings. The summed E-state index contributed by atoms with van der Waals surface area (Å²) in [7, 11) is 0. The Morgan fingerprint density at radius 1 is 1.28 bits per heavy atom. The van der Waals surface area contributed by atoms with Crippen molar-refractivity contribution >= 4 is 11.7 Å². The van der Waals surface area contributed by atoms with Gasteiger partial charge in [-0.15, -0.1) is 0 Å². The van der Waals surface area contributed by atoms with Crippen LogP contribution < -0.4 is 10.6 Å². The highest BCUT2D eigenvalue weighted by Gasteiger charge is 2.27. The first-order valence-electron chi connectivity index (χ1n) is 8.44. The molecule has 2 atom stereocenters. The van der Waals surface area contributed by atoms with Crippen LogP contribution in [0.25, 0.3) is 0 Å². The molecular weight excluding hydrogens is 318 g/mol. The van der Waals surface area contributed by atoms with Crippen molar-refractivity contribution in [2.45, 2.75) is 38.8 Å². The van der Waals surface area contributed by atoms with Crippen LogP contribution in [0.15, 0.2) is 30.7 Å². The summed E-state index contributed by atoms with van der Waals surface area (Å²) in [5.41, 5.74) is 2.02. The average molecular weight is 341 g/mol. The minimum Gasteiger partial charge on any atom is -0.379 e. The molecule has 0 aromatic carbocycles. The van der Waals surface area contributed by atoms with Crippen molar-refractivity contribution in [1.29, 1.82) is 0 Å². The molecule has 0 radical (unpaired) electrons. The van der Waals surface area contributed by atoms with E-state index in [0.29, 0.717) is 25.5 Å². The lowest BCUT2D eigenvalue weighted by Gasteiger charge is -2.33. The first-order chi connectivity index (χ1) is 12.1. The van der Waals surface area contributed by atoms with Crippen molar-refractivity contribution in [3.8, 4) is 0 Å². The molecule has 1 aliphatic rings. The first-order valence-corrected chi connectivity index (χ1v) is 8.44. The van der Waals surface area contributed by atoms with Crippen LogP contribution in [-0.4, -0.2) is 46.2 Å². The normalized spacial score (nSPS) is 20.1. The lowest BCUT2D eigenvalue weighted by atomic mass is 10.0. The highest BCUT2D eigenvalue weighted by molar-refractivity contribution is 5.79. The zero-order chi connectivity index (χ0) is 17.6. The van der Waals surface area contributed by atoms with Gasteiger partial charge in [-0.3, -0.25) is 9.78 Å². The van der Waals surface area contributed by atoms with E-state index in [4.69, 9.17) is 4.74 Å². The monoisotopic (exact) mass is 341 g/mol. The van der Waals surface area contributed by atoms with Crippen LogP contribution in [0.2, 0.25) is 0 Å². The lowest BCUT2D eigenvalue weighted by molar-refractivity contribution is -0.121. The largest absolute Gasteiger partial charge is 0.379 e. The van der Waals surface area contributed by atoms with Crippen LogP contribution in [0.5, 0.6) is 0 Å². The van der Waals surface area contributed by atoms with Gasteiger partial charge in [0.1, 0.15) is 11.6 Å². The Balaban J connectivity index is 1.62. The van der Waals surface area contributed by atoms with E-state index in [9.17, 15) is 4.79 Å². The van der Waals surface area contributed by atoms with Crippen molar-refractivity contribution in [3.63, 3.8) is 0 Å². The maximum Gasteiger partial charge on any atom is 0.224 e. The Labute approximate surface area is 147 Å². The molecule has 1 amide bonds. The molecule has 3 rings (SSSR count). The van der Waals surface area contributed by atoms with Gasteiger partial charge in [-0.2, -0.15) is 0 Å². The second kappa shape index (κ2) is 8.02. The van der Waals surface area contributed by atoms with Crippen LogP contribution in [-0.2, 0) is 16.0 Å². The fourth-order valence-electron chi connectivity index (χ4n) is 2.89. The number of amides is 1. The fraction of sp³-hybridized carbons (Fsp3) is 0.444. The maximum absolute atomic E-state index is 12.5. The number of carbonyl (C=O) groups is 1. The highest BCUT2D eigenvalue weighted by atomic mass is 16.5. The molecule has 0 unspecified atom stereocenters. The molecule has 7 heteroatoms. The second-order valence-corrected chi connectivity index (χ2v) is 6.26. The summed E-state index contributed by atoms with van der Waals surface area (Å²) in [6.45, 7) is 5.00. The van der Waals surface area contributed by atoms with Gasteiger partial charge in [-0.25, -0.2) is 9.97 Å². The van der Waals surface area contributed by atoms with Gasteiger partial charge >= 0.3 is 0 Å². The number of pyridine rings is 1. The molecule has 0 aliphatic carbocycles. The van der Waals surface area contributed by atoms with Crippen molar-refractivity contribution in [3.05, 3.63) is 47.7 Å². The summed E-state index contributed by atoms with van der Waals surface area (Å²) in [6.07, 6.45) is 6.29. The maximum atomic E-state index is 12.5. The summed E-state index contributed by atoms with van der Waals surface area (Å²) in [6, 6.07) is 3.70. The first kappa shape index (κ1) is 17.3. The smallest absolute Gasteiger partial charge is 0.224 e. The van der Waals surface area contributed by atoms with Gasteiger partial charge < -0.3 is 15.4 Å². The van der Waals surface area contributed by atoms with Gasteiger partial charge in [0.15, 0.2) is 0 Å². The van der Waals surface area contributed by atoms with Crippen LogP contribution >= 0.6 is 0 Å². The molecule has 2 aromatic heterocycles. The Morgan fingerprint density at radius 3 is 2.96 bits per heavy atom. The summed E-state index contributed by atoms with van der Waals surface area (Å²) >= 11 is 0. The van der Waals surface area contributed by atoms with E-state index in [-0.39, 0.29) is 18.0 Å². The molecular formula is C18H23N5O2. The Kier molecular flexibility index (Phi) is 5.55. The number of carbonyl (C=O) groups excluding carboxylic acids is 1. The Bertz CT molecular complexity index is 737. The standard InChI is InChI=1S/C18H23N5O2/c1-12-3-6-19-10-14(12)9-18(24)23-15-5-8-25-11-16(15)22-17-4-7-20-13(2)21-17/h3-4,6-7,10,15-16H,5,8-9,11H2,1-2H3,(H,23,24)(H,20,21,22)/t15-,16+/m0/s1. The zero-order valence-electron chi connectivity index (χ0n) is 14.5. The summed E-state index contributed by atoms with van der Waals surface area (Å²) in [4.78, 5) is 25.0. The van der Waals surface area contributed by atoms with Crippen molar-refractivity contribution in [2.24, 2.45) is 0 Å². The predicted molar refractivity (Wildman–Crippen MR) is 94.2 cm³/mol. The van der Waals surface area contributed by atoms with Crippen molar-refractivity contribution in [1.82, 2.24) is 20.3 Å². The molecule has 3 heterocycles. The number of nitrogens with one attached hydrogen (secondary N) is 2. The molecule has 0 bridgehead atoms. The zero-order valence-corrected chi connectivity index (χ0v) is 14.5. The number of hydrogen-bond donors (Lipinski definition) is 2. The van der Waals surface area contributed by atoms with Crippen LogP contribution in [0.1, 0.15) is 23.4 Å². The van der Waals surface area contributed by atoms with Crippen LogP contribution in [0, 0.1) is 13.8 Å². The van der Waals surface area contributed by atoms with Gasteiger partial charge in [0.25, 0.3) is 0 Å². The third-order valence-corrected chi connectivity index (χ3v) is 4.31. The highest BCUT2D eigenvalue weighted by Crippen LogP contribution is 2.14. The Morgan fingerprint density at radius 2 is 2.16 bits per heavy atom. The molecule has 7 nitrogen and oxygen atoms in total. The van der Waals surface area contributed by atoms with Gasteiger partial charge in [-0.05, 0) is 43.5 Å². The molecule has 132 valence electrons. The van der Waals surface area contributed by atoms with E-state index >= 15 is 0 Å². The van der Waals surface area contributed by atoms with E-state index in [1.165, 1.54) is 0 Å². The number of rotatable bonds is 5. The molecule has 25 heavy (non-hydrogen) atoms. The minimum absolute atomic E-state index is 0.00586. The third-order valence-electron chi connectivity index (χ3n) is 4.31. The fourth-order valence-corrected chi connectivity index (χ4v) is 2.89. The molecule has 2 aromatic rings. The van der Waals surface area contributed by atoms with Gasteiger partial charge in [0, 0.05) is 25.2 Å². The quantitative estimate of drug-likeness (QED) is 0.855. The van der Waals surface area contributed by atoms with Crippen molar-refractivity contribution in [2.75, 3.05) is 18.5 Å². The third kappa shape index (κ3) is 4.73. The van der Waals surface area contributed by atoms with Crippen LogP contribution in [0.4, 0.5) is 5.82 Å².